The standard InChI is InChI=1S/C58H35BN4/c1-5-13-36(14-6-1)40-21-23-52-45(27-40)47-29-42(38-17-9-3-10-18-38)31-49-57(47)62(52)54-33-44(51-25-26-60-35-61-51)34-55-56(54)59(49)50-32-43(39-19-11-4-12-20-39)30-48-46-28-41(37-15-7-2-8-16-37)22-24-53(46)63(55)58(48)50/h1-35H. The van der Waals surface area contributed by atoms with E-state index in [2.05, 4.69) is 208 Å². The van der Waals surface area contributed by atoms with E-state index in [1.165, 1.54) is 116 Å². The van der Waals surface area contributed by atoms with E-state index >= 15 is 0 Å². The van der Waals surface area contributed by atoms with Gasteiger partial charge in [-0.1, -0.05) is 146 Å². The van der Waals surface area contributed by atoms with Crippen LogP contribution in [-0.2, 0) is 0 Å². The molecule has 5 heterocycles. The number of fused-ring (bicyclic) bond motifs is 10. The summed E-state index contributed by atoms with van der Waals surface area (Å²) in [5, 5.41) is 5.00. The molecule has 0 unspecified atom stereocenters. The molecule has 3 aromatic heterocycles. The molecule has 63 heavy (non-hydrogen) atoms. The van der Waals surface area contributed by atoms with E-state index in [1.54, 1.807) is 6.33 Å². The summed E-state index contributed by atoms with van der Waals surface area (Å²) >= 11 is 0. The van der Waals surface area contributed by atoms with E-state index in [4.69, 9.17) is 4.98 Å². The number of rotatable bonds is 5. The first kappa shape index (κ1) is 34.4. The molecule has 0 saturated heterocycles. The van der Waals surface area contributed by atoms with Crippen molar-refractivity contribution < 1.29 is 0 Å². The zero-order chi connectivity index (χ0) is 41.2. The number of hydrogen-bond acceptors (Lipinski definition) is 2. The minimum atomic E-state index is -0.0532. The monoisotopic (exact) mass is 798 g/mol. The van der Waals surface area contributed by atoms with Crippen molar-refractivity contribution in [1.29, 1.82) is 0 Å². The Labute approximate surface area is 364 Å². The zero-order valence-electron chi connectivity index (χ0n) is 34.1. The topological polar surface area (TPSA) is 35.6 Å². The Morgan fingerprint density at radius 2 is 0.778 bits per heavy atom. The van der Waals surface area contributed by atoms with E-state index in [-0.39, 0.29) is 6.71 Å². The van der Waals surface area contributed by atoms with Crippen molar-refractivity contribution in [2.75, 3.05) is 0 Å². The maximum Gasteiger partial charge on any atom is 0.252 e. The summed E-state index contributed by atoms with van der Waals surface area (Å²) in [4.78, 5) is 9.17. The van der Waals surface area contributed by atoms with Gasteiger partial charge >= 0.3 is 0 Å². The third-order valence-corrected chi connectivity index (χ3v) is 13.6. The fraction of sp³-hybridized carbons (Fsp3) is 0. The molecule has 0 aliphatic carbocycles. The average Bonchev–Trinajstić information content (AvgIpc) is 3.88. The third-order valence-electron chi connectivity index (χ3n) is 13.6. The average molecular weight is 799 g/mol. The number of nitrogens with zero attached hydrogens (tertiary/aromatic N) is 4. The van der Waals surface area contributed by atoms with Gasteiger partial charge in [0.1, 0.15) is 6.33 Å². The molecule has 2 aliphatic rings. The molecule has 5 heteroatoms. The molecule has 4 nitrogen and oxygen atoms in total. The molecule has 0 spiro atoms. The van der Waals surface area contributed by atoms with Gasteiger partial charge in [0.05, 0.1) is 16.7 Å². The van der Waals surface area contributed by atoms with Gasteiger partial charge in [0.2, 0.25) is 0 Å². The lowest BCUT2D eigenvalue weighted by Gasteiger charge is -2.34. The number of hydrogen-bond donors (Lipinski definition) is 0. The molecule has 0 bridgehead atoms. The van der Waals surface area contributed by atoms with Crippen molar-refractivity contribution in [3.8, 4) is 67.1 Å². The van der Waals surface area contributed by atoms with Crippen LogP contribution in [0.15, 0.2) is 213 Å². The van der Waals surface area contributed by atoms with Gasteiger partial charge in [-0.15, -0.1) is 0 Å². The molecule has 0 N–H and O–H groups in total. The van der Waals surface area contributed by atoms with Gasteiger partial charge in [-0.25, -0.2) is 9.97 Å². The van der Waals surface area contributed by atoms with Gasteiger partial charge < -0.3 is 9.13 Å². The second-order valence-corrected chi connectivity index (χ2v) is 17.0. The highest BCUT2D eigenvalue weighted by molar-refractivity contribution is 7.00. The number of aromatic nitrogens is 4. The van der Waals surface area contributed by atoms with Crippen LogP contribution in [0.1, 0.15) is 0 Å². The smallest absolute Gasteiger partial charge is 0.252 e. The Morgan fingerprint density at radius 1 is 0.349 bits per heavy atom. The molecular formula is C58H35BN4. The van der Waals surface area contributed by atoms with Crippen LogP contribution in [0.5, 0.6) is 0 Å². The van der Waals surface area contributed by atoms with E-state index in [9.17, 15) is 0 Å². The lowest BCUT2D eigenvalue weighted by molar-refractivity contribution is 1.13. The molecular weight excluding hydrogens is 763 g/mol. The van der Waals surface area contributed by atoms with Gasteiger partial charge in [-0.3, -0.25) is 0 Å². The van der Waals surface area contributed by atoms with Crippen LogP contribution in [0.25, 0.3) is 111 Å². The van der Waals surface area contributed by atoms with Gasteiger partial charge in [0.25, 0.3) is 6.71 Å². The van der Waals surface area contributed by atoms with Crippen LogP contribution >= 0.6 is 0 Å². The molecule has 12 aromatic rings. The van der Waals surface area contributed by atoms with Gasteiger partial charge in [0.15, 0.2) is 0 Å². The predicted molar refractivity (Wildman–Crippen MR) is 263 cm³/mol. The molecule has 0 fully saturated rings. The van der Waals surface area contributed by atoms with Gasteiger partial charge in [-0.2, -0.15) is 0 Å². The van der Waals surface area contributed by atoms with E-state index in [0.29, 0.717) is 0 Å². The molecule has 2 aliphatic heterocycles. The minimum Gasteiger partial charge on any atom is -0.310 e. The maximum atomic E-state index is 4.85. The van der Waals surface area contributed by atoms with Crippen LogP contribution in [0.2, 0.25) is 0 Å². The first-order chi connectivity index (χ1) is 31.2. The lowest BCUT2D eigenvalue weighted by Crippen LogP contribution is -2.59. The Bertz CT molecular complexity index is 3590. The zero-order valence-corrected chi connectivity index (χ0v) is 34.1. The summed E-state index contributed by atoms with van der Waals surface area (Å²) in [7, 11) is 0. The molecule has 0 amide bonds. The van der Waals surface area contributed by atoms with Crippen LogP contribution in [-0.4, -0.2) is 25.8 Å². The van der Waals surface area contributed by atoms with Crippen LogP contribution in [0.3, 0.4) is 0 Å². The highest BCUT2D eigenvalue weighted by Gasteiger charge is 2.42. The molecule has 0 saturated carbocycles. The van der Waals surface area contributed by atoms with Crippen LogP contribution in [0.4, 0.5) is 0 Å². The maximum absolute atomic E-state index is 4.85. The largest absolute Gasteiger partial charge is 0.310 e. The Hall–Kier alpha value is -8.28. The summed E-state index contributed by atoms with van der Waals surface area (Å²) in [5.74, 6) is 0. The molecule has 290 valence electrons. The summed E-state index contributed by atoms with van der Waals surface area (Å²) in [6, 6.07) is 74.1. The SMILES string of the molecule is c1ccc(-c2ccc3c(c2)c2cc(-c4ccccc4)cc4c2n3-c2cc(-c3ccncn3)cc3c2B4c2cc(-c4ccccc4)cc4c5cc(-c6ccccc6)ccc5n-3c24)cc1. The highest BCUT2D eigenvalue weighted by Crippen LogP contribution is 2.44. The quantitative estimate of drug-likeness (QED) is 0.163. The second-order valence-electron chi connectivity index (χ2n) is 17.0. The minimum absolute atomic E-state index is 0.0532. The first-order valence-corrected chi connectivity index (χ1v) is 21.7. The van der Waals surface area contributed by atoms with Crippen molar-refractivity contribution in [2.24, 2.45) is 0 Å². The summed E-state index contributed by atoms with van der Waals surface area (Å²) in [6.07, 6.45) is 3.51. The Kier molecular flexibility index (Phi) is 7.17. The third kappa shape index (κ3) is 4.99. The van der Waals surface area contributed by atoms with Gasteiger partial charge in [-0.05, 0) is 115 Å². The van der Waals surface area contributed by atoms with Crippen molar-refractivity contribution in [3.05, 3.63) is 213 Å². The van der Waals surface area contributed by atoms with Gasteiger partial charge in [0, 0.05) is 55.7 Å². The number of benzene rings is 9. The Balaban J connectivity index is 1.17. The van der Waals surface area contributed by atoms with Crippen molar-refractivity contribution in [1.82, 2.24) is 19.1 Å². The highest BCUT2D eigenvalue weighted by atomic mass is 15.0. The van der Waals surface area contributed by atoms with Crippen molar-refractivity contribution >= 4 is 66.7 Å². The molecule has 0 atom stereocenters. The predicted octanol–water partition coefficient (Wildman–Crippen LogP) is 12.1. The van der Waals surface area contributed by atoms with E-state index in [0.717, 1.165) is 11.3 Å². The van der Waals surface area contributed by atoms with Crippen LogP contribution in [0, 0.1) is 0 Å². The van der Waals surface area contributed by atoms with E-state index in [1.807, 2.05) is 12.3 Å². The first-order valence-electron chi connectivity index (χ1n) is 21.7. The van der Waals surface area contributed by atoms with Crippen LogP contribution < -0.4 is 16.4 Å². The molecule has 14 rings (SSSR count). The fourth-order valence-electron chi connectivity index (χ4n) is 10.9. The second kappa shape index (κ2) is 13.1. The molecule has 9 aromatic carbocycles. The van der Waals surface area contributed by atoms with Crippen molar-refractivity contribution in [3.63, 3.8) is 0 Å². The Morgan fingerprint density at radius 3 is 1.21 bits per heavy atom. The summed E-state index contributed by atoms with van der Waals surface area (Å²) < 4.78 is 5.12. The van der Waals surface area contributed by atoms with E-state index < -0.39 is 0 Å². The summed E-state index contributed by atoms with van der Waals surface area (Å²) in [5.41, 5.74) is 22.9. The molecule has 0 radical (unpaired) electrons. The fourth-order valence-corrected chi connectivity index (χ4v) is 10.9. The lowest BCUT2D eigenvalue weighted by atomic mass is 9.34. The van der Waals surface area contributed by atoms with Crippen molar-refractivity contribution in [2.45, 2.75) is 0 Å². The summed E-state index contributed by atoms with van der Waals surface area (Å²) in [6.45, 7) is -0.0532. The normalized spacial score (nSPS) is 12.4.